The zero-order valence-electron chi connectivity index (χ0n) is 5.87. The van der Waals surface area contributed by atoms with Gasteiger partial charge in [-0.15, -0.1) is 24.0 Å². The lowest BCUT2D eigenvalue weighted by atomic mass is 10.1. The van der Waals surface area contributed by atoms with Crippen molar-refractivity contribution in [2.24, 2.45) is 0 Å². The van der Waals surface area contributed by atoms with E-state index in [1.165, 1.54) is 0 Å². The number of hydrogen-bond donors (Lipinski definition) is 2. The number of rotatable bonds is 0. The quantitative estimate of drug-likeness (QED) is 0.529. The fourth-order valence-corrected chi connectivity index (χ4v) is 1.90. The van der Waals surface area contributed by atoms with E-state index in [2.05, 4.69) is 5.32 Å². The number of ether oxygens (including phenoxy) is 1. The molecule has 11 heavy (non-hydrogen) atoms. The topological polar surface area (TPSA) is 41.5 Å². The predicted molar refractivity (Wildman–Crippen MR) is 44.4 cm³/mol. The third kappa shape index (κ3) is 1.48. The van der Waals surface area contributed by atoms with Crippen molar-refractivity contribution in [2.75, 3.05) is 13.2 Å². The van der Waals surface area contributed by atoms with Gasteiger partial charge in [-0.3, -0.25) is 0 Å². The summed E-state index contributed by atoms with van der Waals surface area (Å²) in [6, 6.07) is 0.0718. The van der Waals surface area contributed by atoms with Crippen molar-refractivity contribution in [1.29, 1.82) is 0 Å². The molecule has 0 aromatic heterocycles. The SMILES string of the molecule is Cl.OC1CO[C@@H]2C(Cl)CNC12. The van der Waals surface area contributed by atoms with E-state index in [9.17, 15) is 5.11 Å². The minimum Gasteiger partial charge on any atom is -0.389 e. The molecule has 0 amide bonds. The molecule has 2 fully saturated rings. The summed E-state index contributed by atoms with van der Waals surface area (Å²) < 4.78 is 5.26. The largest absolute Gasteiger partial charge is 0.389 e. The molecular weight excluding hydrogens is 189 g/mol. The summed E-state index contributed by atoms with van der Waals surface area (Å²) in [5.74, 6) is 0. The molecule has 0 saturated carbocycles. The molecule has 3 nitrogen and oxygen atoms in total. The van der Waals surface area contributed by atoms with Gasteiger partial charge in [-0.1, -0.05) is 0 Å². The van der Waals surface area contributed by atoms with Crippen molar-refractivity contribution in [3.63, 3.8) is 0 Å². The van der Waals surface area contributed by atoms with Crippen LogP contribution in [0.2, 0.25) is 0 Å². The molecule has 0 aliphatic carbocycles. The van der Waals surface area contributed by atoms with Crippen molar-refractivity contribution in [1.82, 2.24) is 5.32 Å². The first kappa shape index (κ1) is 9.55. The summed E-state index contributed by atoms with van der Waals surface area (Å²) >= 11 is 5.88. The Kier molecular flexibility index (Phi) is 3.00. The molecule has 0 aromatic rings. The molecule has 2 rings (SSSR count). The first-order valence-corrected chi connectivity index (χ1v) is 3.90. The van der Waals surface area contributed by atoms with E-state index in [0.29, 0.717) is 6.61 Å². The van der Waals surface area contributed by atoms with E-state index in [-0.39, 0.29) is 36.0 Å². The predicted octanol–water partition coefficient (Wildman–Crippen LogP) is -0.253. The van der Waals surface area contributed by atoms with Crippen LogP contribution in [0, 0.1) is 0 Å². The van der Waals surface area contributed by atoms with Crippen LogP contribution in [0.15, 0.2) is 0 Å². The second-order valence-electron chi connectivity index (χ2n) is 2.82. The van der Waals surface area contributed by atoms with Gasteiger partial charge in [0.2, 0.25) is 0 Å². The van der Waals surface area contributed by atoms with Crippen LogP contribution < -0.4 is 5.32 Å². The number of aliphatic hydroxyl groups is 1. The molecule has 0 radical (unpaired) electrons. The molecule has 2 saturated heterocycles. The molecule has 2 aliphatic heterocycles. The first-order valence-electron chi connectivity index (χ1n) is 3.46. The number of alkyl halides is 1. The van der Waals surface area contributed by atoms with Gasteiger partial charge in [-0.05, 0) is 0 Å². The highest BCUT2D eigenvalue weighted by molar-refractivity contribution is 6.21. The van der Waals surface area contributed by atoms with Gasteiger partial charge in [-0.25, -0.2) is 0 Å². The Morgan fingerprint density at radius 1 is 1.55 bits per heavy atom. The molecule has 4 atom stereocenters. The summed E-state index contributed by atoms with van der Waals surface area (Å²) in [6.45, 7) is 1.17. The molecule has 66 valence electrons. The molecule has 2 aliphatic rings. The van der Waals surface area contributed by atoms with E-state index < -0.39 is 0 Å². The Morgan fingerprint density at radius 2 is 2.27 bits per heavy atom. The fraction of sp³-hybridized carbons (Fsp3) is 1.00. The van der Waals surface area contributed by atoms with Gasteiger partial charge < -0.3 is 15.2 Å². The first-order chi connectivity index (χ1) is 4.79. The van der Waals surface area contributed by atoms with Gasteiger partial charge in [0.05, 0.1) is 30.2 Å². The lowest BCUT2D eigenvalue weighted by molar-refractivity contribution is 0.0890. The van der Waals surface area contributed by atoms with Crippen molar-refractivity contribution in [3.05, 3.63) is 0 Å². The summed E-state index contributed by atoms with van der Waals surface area (Å²) in [5.41, 5.74) is 0. The van der Waals surface area contributed by atoms with Gasteiger partial charge in [0.1, 0.15) is 0 Å². The van der Waals surface area contributed by atoms with Crippen molar-refractivity contribution < 1.29 is 9.84 Å². The van der Waals surface area contributed by atoms with E-state index in [4.69, 9.17) is 16.3 Å². The van der Waals surface area contributed by atoms with E-state index in [1.807, 2.05) is 0 Å². The number of nitrogens with one attached hydrogen (secondary N) is 1. The molecule has 5 heteroatoms. The van der Waals surface area contributed by atoms with Crippen molar-refractivity contribution in [2.45, 2.75) is 23.6 Å². The maximum Gasteiger partial charge on any atom is 0.0952 e. The number of aliphatic hydroxyl groups excluding tert-OH is 1. The van der Waals surface area contributed by atoms with Gasteiger partial charge in [-0.2, -0.15) is 0 Å². The maximum absolute atomic E-state index is 9.27. The molecule has 3 unspecified atom stereocenters. The second-order valence-corrected chi connectivity index (χ2v) is 3.38. The third-order valence-electron chi connectivity index (χ3n) is 2.13. The zero-order chi connectivity index (χ0) is 7.14. The Morgan fingerprint density at radius 3 is 2.91 bits per heavy atom. The normalized spacial score (nSPS) is 48.5. The second kappa shape index (κ2) is 3.46. The average molecular weight is 200 g/mol. The monoisotopic (exact) mass is 199 g/mol. The Balaban J connectivity index is 0.000000605. The van der Waals surface area contributed by atoms with Crippen LogP contribution in [0.1, 0.15) is 0 Å². The average Bonchev–Trinajstić information content (AvgIpc) is 2.41. The summed E-state index contributed by atoms with van der Waals surface area (Å²) in [4.78, 5) is 0. The van der Waals surface area contributed by atoms with Crippen LogP contribution >= 0.6 is 24.0 Å². The van der Waals surface area contributed by atoms with Crippen molar-refractivity contribution in [3.8, 4) is 0 Å². The van der Waals surface area contributed by atoms with Gasteiger partial charge in [0.15, 0.2) is 0 Å². The smallest absolute Gasteiger partial charge is 0.0952 e. The molecule has 2 N–H and O–H groups in total. The fourth-order valence-electron chi connectivity index (χ4n) is 1.58. The maximum atomic E-state index is 9.27. The lowest BCUT2D eigenvalue weighted by Crippen LogP contribution is -2.36. The highest BCUT2D eigenvalue weighted by Gasteiger charge is 2.44. The summed E-state index contributed by atoms with van der Waals surface area (Å²) in [7, 11) is 0. The number of fused-ring (bicyclic) bond motifs is 1. The van der Waals surface area contributed by atoms with Crippen LogP contribution in [0.25, 0.3) is 0 Å². The van der Waals surface area contributed by atoms with Crippen LogP contribution in [0.5, 0.6) is 0 Å². The van der Waals surface area contributed by atoms with Crippen molar-refractivity contribution >= 4 is 24.0 Å². The number of halogens is 2. The van der Waals surface area contributed by atoms with Gasteiger partial charge in [0.25, 0.3) is 0 Å². The molecule has 0 spiro atoms. The molecule has 2 heterocycles. The van der Waals surface area contributed by atoms with Crippen LogP contribution in [0.4, 0.5) is 0 Å². The highest BCUT2D eigenvalue weighted by Crippen LogP contribution is 2.25. The minimum atomic E-state index is -0.367. The zero-order valence-corrected chi connectivity index (χ0v) is 7.44. The highest BCUT2D eigenvalue weighted by atomic mass is 35.5. The molecule has 0 aromatic carbocycles. The minimum absolute atomic E-state index is 0. The molecule has 0 bridgehead atoms. The van der Waals surface area contributed by atoms with E-state index >= 15 is 0 Å². The standard InChI is InChI=1S/C6H10ClNO2.ClH/c7-3-1-8-5-4(9)2-10-6(3)5;/h3-6,8-9H,1-2H2;1H/t3?,4?,5?,6-;/m1./s1. The Labute approximate surface area is 76.5 Å². The Hall–Kier alpha value is 0.460. The van der Waals surface area contributed by atoms with Gasteiger partial charge >= 0.3 is 0 Å². The van der Waals surface area contributed by atoms with Crippen LogP contribution in [-0.2, 0) is 4.74 Å². The van der Waals surface area contributed by atoms with Crippen LogP contribution in [-0.4, -0.2) is 41.9 Å². The third-order valence-corrected chi connectivity index (χ3v) is 2.54. The molecular formula is C6H11Cl2NO2. The number of hydrogen-bond acceptors (Lipinski definition) is 3. The van der Waals surface area contributed by atoms with Gasteiger partial charge in [0, 0.05) is 6.54 Å². The summed E-state index contributed by atoms with van der Waals surface area (Å²) in [6.07, 6.45) is -0.342. The summed E-state index contributed by atoms with van der Waals surface area (Å²) in [5, 5.41) is 12.4. The van der Waals surface area contributed by atoms with E-state index in [1.54, 1.807) is 0 Å². The van der Waals surface area contributed by atoms with Crippen LogP contribution in [0.3, 0.4) is 0 Å². The van der Waals surface area contributed by atoms with E-state index in [0.717, 1.165) is 6.54 Å². The Bertz CT molecular complexity index is 131. The lowest BCUT2D eigenvalue weighted by Gasteiger charge is -2.10.